The van der Waals surface area contributed by atoms with Gasteiger partial charge in [0.1, 0.15) is 5.82 Å². The molecule has 1 aromatic heterocycles. The van der Waals surface area contributed by atoms with E-state index in [1.54, 1.807) is 49.1 Å². The van der Waals surface area contributed by atoms with Gasteiger partial charge >= 0.3 is 5.97 Å². The van der Waals surface area contributed by atoms with Crippen LogP contribution in [0.15, 0.2) is 58.5 Å². The van der Waals surface area contributed by atoms with E-state index in [-0.39, 0.29) is 23.4 Å². The molecule has 34 heavy (non-hydrogen) atoms. The molecule has 0 radical (unpaired) electrons. The summed E-state index contributed by atoms with van der Waals surface area (Å²) in [5.41, 5.74) is 0.534. The molecule has 1 unspecified atom stereocenters. The predicted octanol–water partition coefficient (Wildman–Crippen LogP) is 3.81. The first-order chi connectivity index (χ1) is 16.4. The van der Waals surface area contributed by atoms with E-state index in [4.69, 9.17) is 4.74 Å². The number of halogens is 1. The van der Waals surface area contributed by atoms with Gasteiger partial charge in [-0.3, -0.25) is 19.0 Å². The molecule has 9 heteroatoms. The second kappa shape index (κ2) is 10.4. The first-order valence-corrected chi connectivity index (χ1v) is 12.2. The largest absolute Gasteiger partial charge is 0.466 e. The molecule has 0 saturated carbocycles. The molecule has 4 rings (SSSR count). The van der Waals surface area contributed by atoms with Crippen molar-refractivity contribution in [3.8, 4) is 5.69 Å². The van der Waals surface area contributed by atoms with Crippen molar-refractivity contribution in [2.75, 3.05) is 19.7 Å². The summed E-state index contributed by atoms with van der Waals surface area (Å²) in [7, 11) is 0. The van der Waals surface area contributed by atoms with Crippen molar-refractivity contribution in [1.82, 2.24) is 14.5 Å². The molecule has 178 valence electrons. The summed E-state index contributed by atoms with van der Waals surface area (Å²) in [6.45, 7) is 4.82. The van der Waals surface area contributed by atoms with Crippen LogP contribution in [0.1, 0.15) is 26.7 Å². The third-order valence-corrected chi connectivity index (χ3v) is 6.91. The first kappa shape index (κ1) is 23.9. The lowest BCUT2D eigenvalue weighted by Crippen LogP contribution is -2.43. The van der Waals surface area contributed by atoms with Crippen LogP contribution in [-0.4, -0.2) is 51.3 Å². The van der Waals surface area contributed by atoms with Crippen LogP contribution in [0, 0.1) is 11.7 Å². The number of nitrogens with zero attached hydrogens (tertiary/aromatic N) is 3. The van der Waals surface area contributed by atoms with Crippen LogP contribution in [0.4, 0.5) is 4.39 Å². The molecule has 2 heterocycles. The molecule has 1 saturated heterocycles. The summed E-state index contributed by atoms with van der Waals surface area (Å²) in [4.78, 5) is 44.8. The Balaban J connectivity index is 1.59. The molecule has 7 nitrogen and oxygen atoms in total. The van der Waals surface area contributed by atoms with E-state index in [0.717, 1.165) is 11.8 Å². The third-order valence-electron chi connectivity index (χ3n) is 5.87. The Morgan fingerprint density at radius 3 is 2.62 bits per heavy atom. The van der Waals surface area contributed by atoms with E-state index in [2.05, 4.69) is 4.98 Å². The lowest BCUT2D eigenvalue weighted by molar-refractivity contribution is -0.151. The highest BCUT2D eigenvalue weighted by Crippen LogP contribution is 2.28. The quantitative estimate of drug-likeness (QED) is 0.301. The number of likely N-dealkylation sites (tertiary alicyclic amines) is 1. The van der Waals surface area contributed by atoms with Crippen LogP contribution in [-0.2, 0) is 14.3 Å². The zero-order chi connectivity index (χ0) is 24.2. The molecule has 1 aliphatic rings. The van der Waals surface area contributed by atoms with Crippen LogP contribution in [0.2, 0.25) is 0 Å². The minimum atomic E-state index is -0.535. The van der Waals surface area contributed by atoms with Crippen LogP contribution in [0.25, 0.3) is 16.6 Å². The highest BCUT2D eigenvalue weighted by Gasteiger charge is 2.31. The highest BCUT2D eigenvalue weighted by atomic mass is 32.2. The molecule has 1 aliphatic heterocycles. The number of carbonyl (C=O) groups is 2. The maximum absolute atomic E-state index is 14.0. The topological polar surface area (TPSA) is 81.5 Å². The number of aromatic nitrogens is 2. The Bertz CT molecular complexity index is 1270. The summed E-state index contributed by atoms with van der Waals surface area (Å²) >= 11 is 1.16. The summed E-state index contributed by atoms with van der Waals surface area (Å²) in [6.07, 6.45) is 1.12. The van der Waals surface area contributed by atoms with Gasteiger partial charge in [0.05, 0.1) is 34.4 Å². The SMILES string of the molecule is CCOC(=O)C1CCN(C(=O)C(C)Sc2nc3ccccc3c(=O)n2-c2cccc(F)c2)CC1. The molecule has 0 N–H and O–H groups in total. The van der Waals surface area contributed by atoms with Crippen molar-refractivity contribution in [2.45, 2.75) is 37.1 Å². The second-order valence-electron chi connectivity index (χ2n) is 8.14. The Labute approximate surface area is 200 Å². The molecular weight excluding hydrogens is 457 g/mol. The van der Waals surface area contributed by atoms with Crippen molar-refractivity contribution in [1.29, 1.82) is 0 Å². The van der Waals surface area contributed by atoms with Gasteiger partial charge in [-0.1, -0.05) is 30.0 Å². The number of rotatable bonds is 6. The molecule has 1 amide bonds. The molecule has 2 aromatic carbocycles. The second-order valence-corrected chi connectivity index (χ2v) is 9.45. The van der Waals surface area contributed by atoms with Crippen molar-refractivity contribution >= 4 is 34.5 Å². The molecule has 0 aliphatic carbocycles. The van der Waals surface area contributed by atoms with Gasteiger partial charge in [-0.15, -0.1) is 0 Å². The fourth-order valence-corrected chi connectivity index (χ4v) is 5.11. The van der Waals surface area contributed by atoms with Gasteiger partial charge < -0.3 is 9.64 Å². The summed E-state index contributed by atoms with van der Waals surface area (Å²) in [6, 6.07) is 12.7. The Kier molecular flexibility index (Phi) is 7.31. The van der Waals surface area contributed by atoms with Gasteiger partial charge in [-0.25, -0.2) is 9.37 Å². The lowest BCUT2D eigenvalue weighted by atomic mass is 9.97. The van der Waals surface area contributed by atoms with Crippen molar-refractivity contribution in [3.63, 3.8) is 0 Å². The number of carbonyl (C=O) groups excluding carboxylic acids is 2. The van der Waals surface area contributed by atoms with Crippen LogP contribution in [0.3, 0.4) is 0 Å². The van der Waals surface area contributed by atoms with Crippen LogP contribution >= 0.6 is 11.8 Å². The highest BCUT2D eigenvalue weighted by molar-refractivity contribution is 8.00. The van der Waals surface area contributed by atoms with E-state index in [1.165, 1.54) is 22.8 Å². The molecule has 0 bridgehead atoms. The maximum Gasteiger partial charge on any atom is 0.309 e. The third kappa shape index (κ3) is 4.99. The number of thioether (sulfide) groups is 1. The standard InChI is InChI=1S/C25H26FN3O4S/c1-3-33-24(32)17-11-13-28(14-12-17)22(30)16(2)34-25-27-21-10-5-4-9-20(21)23(31)29(25)19-8-6-7-18(26)15-19/h4-10,15-17H,3,11-14H2,1-2H3. The fraction of sp³-hybridized carbons (Fsp3) is 0.360. The predicted molar refractivity (Wildman–Crippen MR) is 129 cm³/mol. The minimum absolute atomic E-state index is 0.0968. The lowest BCUT2D eigenvalue weighted by Gasteiger charge is -2.32. The normalized spacial score (nSPS) is 15.3. The van der Waals surface area contributed by atoms with Gasteiger partial charge in [-0.05, 0) is 57.0 Å². The number of ether oxygens (including phenoxy) is 1. The van der Waals surface area contributed by atoms with Crippen molar-refractivity contribution in [3.05, 3.63) is 64.7 Å². The summed E-state index contributed by atoms with van der Waals surface area (Å²) < 4.78 is 20.4. The van der Waals surface area contributed by atoms with Crippen LogP contribution < -0.4 is 5.56 Å². The Morgan fingerprint density at radius 2 is 1.91 bits per heavy atom. The van der Waals surface area contributed by atoms with Gasteiger partial charge in [0.25, 0.3) is 5.56 Å². The smallest absolute Gasteiger partial charge is 0.309 e. The monoisotopic (exact) mass is 483 g/mol. The molecule has 1 fully saturated rings. The molecule has 0 spiro atoms. The van der Waals surface area contributed by atoms with E-state index < -0.39 is 11.1 Å². The van der Waals surface area contributed by atoms with Gasteiger partial charge in [0.2, 0.25) is 5.91 Å². The number of para-hydroxylation sites is 1. The number of hydrogen-bond acceptors (Lipinski definition) is 6. The molecule has 3 aromatic rings. The number of esters is 1. The minimum Gasteiger partial charge on any atom is -0.466 e. The van der Waals surface area contributed by atoms with E-state index in [1.807, 2.05) is 0 Å². The van der Waals surface area contributed by atoms with Crippen molar-refractivity contribution in [2.24, 2.45) is 5.92 Å². The van der Waals surface area contributed by atoms with Gasteiger partial charge in [0, 0.05) is 13.1 Å². The average Bonchev–Trinajstić information content (AvgIpc) is 2.84. The number of piperidine rings is 1. The van der Waals surface area contributed by atoms with E-state index in [0.29, 0.717) is 54.3 Å². The number of benzene rings is 2. The fourth-order valence-electron chi connectivity index (χ4n) is 4.10. The van der Waals surface area contributed by atoms with E-state index >= 15 is 0 Å². The van der Waals surface area contributed by atoms with Crippen molar-refractivity contribution < 1.29 is 18.7 Å². The summed E-state index contributed by atoms with van der Waals surface area (Å²) in [5.74, 6) is -0.966. The van der Waals surface area contributed by atoms with E-state index in [9.17, 15) is 18.8 Å². The number of amides is 1. The first-order valence-electron chi connectivity index (χ1n) is 11.3. The van der Waals surface area contributed by atoms with Gasteiger partial charge in [-0.2, -0.15) is 0 Å². The molecular formula is C25H26FN3O4S. The zero-order valence-corrected chi connectivity index (χ0v) is 19.9. The number of fused-ring (bicyclic) bond motifs is 1. The zero-order valence-electron chi connectivity index (χ0n) is 19.1. The van der Waals surface area contributed by atoms with Crippen LogP contribution in [0.5, 0.6) is 0 Å². The van der Waals surface area contributed by atoms with Gasteiger partial charge in [0.15, 0.2) is 5.16 Å². The molecule has 1 atom stereocenters. The maximum atomic E-state index is 14.0. The Hall–Kier alpha value is -3.20. The Morgan fingerprint density at radius 1 is 1.18 bits per heavy atom. The average molecular weight is 484 g/mol. The summed E-state index contributed by atoms with van der Waals surface area (Å²) in [5, 5.41) is 0.194. The number of hydrogen-bond donors (Lipinski definition) is 0.